The van der Waals surface area contributed by atoms with Crippen LogP contribution in [0.1, 0.15) is 16.8 Å². The summed E-state index contributed by atoms with van der Waals surface area (Å²) in [5.41, 5.74) is -1.60. The molecule has 144 valence electrons. The SMILES string of the molecule is O=C(c1cc2c(cc1[N+](=O)[O-])OCCO2)N1C[C@H]2COCC[C@@]2(C(=O)O)C1. The van der Waals surface area contributed by atoms with Crippen LogP contribution in [0.25, 0.3) is 0 Å². The molecule has 1 aromatic carbocycles. The van der Waals surface area contributed by atoms with E-state index >= 15 is 0 Å². The molecule has 2 saturated heterocycles. The van der Waals surface area contributed by atoms with Crippen LogP contribution in [0.2, 0.25) is 0 Å². The molecule has 1 amide bonds. The smallest absolute Gasteiger partial charge is 0.311 e. The second-order valence-electron chi connectivity index (χ2n) is 6.94. The summed E-state index contributed by atoms with van der Waals surface area (Å²) in [6, 6.07) is 2.49. The lowest BCUT2D eigenvalue weighted by atomic mass is 9.74. The third kappa shape index (κ3) is 2.76. The first-order valence-electron chi connectivity index (χ1n) is 8.61. The Morgan fingerprint density at radius 1 is 1.22 bits per heavy atom. The number of rotatable bonds is 3. The second kappa shape index (κ2) is 6.38. The van der Waals surface area contributed by atoms with Gasteiger partial charge in [-0.2, -0.15) is 0 Å². The molecule has 4 rings (SSSR count). The monoisotopic (exact) mass is 378 g/mol. The van der Waals surface area contributed by atoms with Crippen molar-refractivity contribution in [2.24, 2.45) is 11.3 Å². The van der Waals surface area contributed by atoms with Gasteiger partial charge >= 0.3 is 5.97 Å². The van der Waals surface area contributed by atoms with Crippen LogP contribution in [0.5, 0.6) is 11.5 Å². The lowest BCUT2D eigenvalue weighted by Gasteiger charge is -2.33. The molecule has 0 bridgehead atoms. The molecule has 3 aliphatic heterocycles. The van der Waals surface area contributed by atoms with Crippen LogP contribution < -0.4 is 9.47 Å². The molecule has 0 saturated carbocycles. The zero-order chi connectivity index (χ0) is 19.2. The van der Waals surface area contributed by atoms with Crippen LogP contribution in [0.3, 0.4) is 0 Å². The third-order valence-corrected chi connectivity index (χ3v) is 5.51. The number of aliphatic carboxylic acids is 1. The number of carboxylic acids is 1. The van der Waals surface area contributed by atoms with E-state index in [0.29, 0.717) is 13.0 Å². The highest BCUT2D eigenvalue weighted by Gasteiger charge is 2.55. The normalized spacial score (nSPS) is 26.4. The second-order valence-corrected chi connectivity index (χ2v) is 6.94. The van der Waals surface area contributed by atoms with E-state index in [9.17, 15) is 24.8 Å². The Bertz CT molecular complexity index is 825. The number of carbonyl (C=O) groups excluding carboxylic acids is 1. The minimum atomic E-state index is -1.07. The highest BCUT2D eigenvalue weighted by molar-refractivity contribution is 5.99. The Kier molecular flexibility index (Phi) is 4.14. The van der Waals surface area contributed by atoms with Crippen molar-refractivity contribution in [3.63, 3.8) is 0 Å². The summed E-state index contributed by atoms with van der Waals surface area (Å²) in [5.74, 6) is -1.42. The average molecular weight is 378 g/mol. The van der Waals surface area contributed by atoms with Crippen LogP contribution >= 0.6 is 0 Å². The molecular weight excluding hydrogens is 360 g/mol. The number of carbonyl (C=O) groups is 2. The number of amides is 1. The van der Waals surface area contributed by atoms with Crippen molar-refractivity contribution < 1.29 is 33.8 Å². The van der Waals surface area contributed by atoms with Crippen molar-refractivity contribution in [1.29, 1.82) is 0 Å². The molecule has 3 aliphatic rings. The van der Waals surface area contributed by atoms with Gasteiger partial charge in [0.25, 0.3) is 11.6 Å². The lowest BCUT2D eigenvalue weighted by molar-refractivity contribution is -0.385. The van der Waals surface area contributed by atoms with Crippen LogP contribution in [-0.4, -0.2) is 66.3 Å². The van der Waals surface area contributed by atoms with E-state index in [0.717, 1.165) is 0 Å². The molecular formula is C17H18N2O8. The molecule has 10 nitrogen and oxygen atoms in total. The predicted molar refractivity (Wildman–Crippen MR) is 89.0 cm³/mol. The van der Waals surface area contributed by atoms with Gasteiger partial charge in [-0.1, -0.05) is 0 Å². The maximum absolute atomic E-state index is 13.1. The summed E-state index contributed by atoms with van der Waals surface area (Å²) in [4.78, 5) is 37.1. The fourth-order valence-electron chi connectivity index (χ4n) is 4.02. The van der Waals surface area contributed by atoms with Gasteiger partial charge in [0, 0.05) is 31.7 Å². The summed E-state index contributed by atoms with van der Waals surface area (Å²) < 4.78 is 16.2. The van der Waals surface area contributed by atoms with Crippen LogP contribution in [-0.2, 0) is 9.53 Å². The van der Waals surface area contributed by atoms with Crippen molar-refractivity contribution in [3.05, 3.63) is 27.8 Å². The van der Waals surface area contributed by atoms with Crippen LogP contribution in [0.4, 0.5) is 5.69 Å². The molecule has 0 unspecified atom stereocenters. The molecule has 1 N–H and O–H groups in total. The van der Waals surface area contributed by atoms with Crippen molar-refractivity contribution in [1.82, 2.24) is 4.90 Å². The van der Waals surface area contributed by atoms with E-state index < -0.39 is 22.2 Å². The molecule has 1 aromatic rings. The Morgan fingerprint density at radius 3 is 2.56 bits per heavy atom. The minimum Gasteiger partial charge on any atom is -0.486 e. The molecule has 3 heterocycles. The van der Waals surface area contributed by atoms with E-state index in [-0.39, 0.29) is 61.6 Å². The standard InChI is InChI=1S/C17H18N2O8/c20-15(18-7-10-8-25-2-1-17(10,9-18)16(21)22)11-5-13-14(27-4-3-26-13)6-12(11)19(23)24/h5-6,10H,1-4,7-9H2,(H,21,22)/t10-,17+/m0/s1. The van der Waals surface area contributed by atoms with Crippen molar-refractivity contribution in [3.8, 4) is 11.5 Å². The molecule has 0 aliphatic carbocycles. The number of fused-ring (bicyclic) bond motifs is 2. The Morgan fingerprint density at radius 2 is 1.93 bits per heavy atom. The number of ether oxygens (including phenoxy) is 3. The van der Waals surface area contributed by atoms with Gasteiger partial charge in [0.15, 0.2) is 11.5 Å². The summed E-state index contributed by atoms with van der Waals surface area (Å²) in [6.07, 6.45) is 0.306. The van der Waals surface area contributed by atoms with E-state index in [4.69, 9.17) is 14.2 Å². The van der Waals surface area contributed by atoms with E-state index in [2.05, 4.69) is 0 Å². The minimum absolute atomic E-state index is 0.000783. The molecule has 2 fully saturated rings. The molecule has 0 radical (unpaired) electrons. The van der Waals surface area contributed by atoms with E-state index in [1.54, 1.807) is 0 Å². The largest absolute Gasteiger partial charge is 0.486 e. The molecule has 2 atom stereocenters. The summed E-state index contributed by atoms with van der Waals surface area (Å²) >= 11 is 0. The fraction of sp³-hybridized carbons (Fsp3) is 0.529. The Balaban J connectivity index is 1.69. The van der Waals surface area contributed by atoms with Gasteiger partial charge in [0.05, 0.1) is 23.0 Å². The molecule has 0 aromatic heterocycles. The van der Waals surface area contributed by atoms with E-state index in [1.165, 1.54) is 17.0 Å². The van der Waals surface area contributed by atoms with Gasteiger partial charge in [-0.3, -0.25) is 19.7 Å². The third-order valence-electron chi connectivity index (χ3n) is 5.51. The maximum Gasteiger partial charge on any atom is 0.311 e. The van der Waals surface area contributed by atoms with Crippen LogP contribution in [0.15, 0.2) is 12.1 Å². The molecule has 10 heteroatoms. The number of hydrogen-bond donors (Lipinski definition) is 1. The number of likely N-dealkylation sites (tertiary alicyclic amines) is 1. The topological polar surface area (TPSA) is 128 Å². The average Bonchev–Trinajstić information content (AvgIpc) is 3.07. The van der Waals surface area contributed by atoms with Gasteiger partial charge in [0.1, 0.15) is 18.8 Å². The van der Waals surface area contributed by atoms with Crippen molar-refractivity contribution in [2.75, 3.05) is 39.5 Å². The number of benzene rings is 1. The highest BCUT2D eigenvalue weighted by atomic mass is 16.6. The molecule has 0 spiro atoms. The van der Waals surface area contributed by atoms with Crippen molar-refractivity contribution in [2.45, 2.75) is 6.42 Å². The van der Waals surface area contributed by atoms with Gasteiger partial charge in [0.2, 0.25) is 0 Å². The number of nitro groups is 1. The van der Waals surface area contributed by atoms with Crippen molar-refractivity contribution >= 4 is 17.6 Å². The number of carboxylic acid groups (broad SMARTS) is 1. The first-order valence-corrected chi connectivity index (χ1v) is 8.61. The van der Waals surface area contributed by atoms with Gasteiger partial charge in [-0.25, -0.2) is 0 Å². The quantitative estimate of drug-likeness (QED) is 0.607. The maximum atomic E-state index is 13.1. The van der Waals surface area contributed by atoms with Crippen LogP contribution in [0, 0.1) is 21.4 Å². The Labute approximate surface area is 153 Å². The first kappa shape index (κ1) is 17.5. The first-order chi connectivity index (χ1) is 12.9. The fourth-order valence-corrected chi connectivity index (χ4v) is 4.02. The van der Waals surface area contributed by atoms with Gasteiger partial charge in [-0.05, 0) is 6.42 Å². The summed E-state index contributed by atoms with van der Waals surface area (Å²) in [7, 11) is 0. The van der Waals surface area contributed by atoms with Gasteiger partial charge in [-0.15, -0.1) is 0 Å². The number of nitrogens with zero attached hydrogens (tertiary/aromatic N) is 2. The summed E-state index contributed by atoms with van der Waals surface area (Å²) in [6.45, 7) is 1.29. The number of nitro benzene ring substituents is 1. The van der Waals surface area contributed by atoms with Gasteiger partial charge < -0.3 is 24.2 Å². The summed E-state index contributed by atoms with van der Waals surface area (Å²) in [5, 5.41) is 21.2. The highest BCUT2D eigenvalue weighted by Crippen LogP contribution is 2.44. The number of hydrogen-bond acceptors (Lipinski definition) is 7. The molecule has 27 heavy (non-hydrogen) atoms. The zero-order valence-corrected chi connectivity index (χ0v) is 14.4. The lowest BCUT2D eigenvalue weighted by Crippen LogP contribution is -2.45. The Hall–Kier alpha value is -2.88. The zero-order valence-electron chi connectivity index (χ0n) is 14.4. The van der Waals surface area contributed by atoms with E-state index in [1.807, 2.05) is 0 Å². The predicted octanol–water partition coefficient (Wildman–Crippen LogP) is 0.929.